The fourth-order valence-electron chi connectivity index (χ4n) is 2.73. The molecule has 0 saturated carbocycles. The summed E-state index contributed by atoms with van der Waals surface area (Å²) >= 11 is 0. The van der Waals surface area contributed by atoms with Crippen LogP contribution < -0.4 is 10.2 Å². The third-order valence-corrected chi connectivity index (χ3v) is 4.96. The molecule has 0 unspecified atom stereocenters. The standard InChI is InChI=1S/C19H20BNO4/c1-18(2)19(3,4)25-20(24-18)13-5-7-14(8-6-13)23-17-15-10-12-22-16(15)9-11-21-17/h5-12H,1-4H3. The Labute approximate surface area is 147 Å². The summed E-state index contributed by atoms with van der Waals surface area (Å²) in [6.07, 6.45) is 3.29. The van der Waals surface area contributed by atoms with Gasteiger partial charge in [0.15, 0.2) is 0 Å². The van der Waals surface area contributed by atoms with Crippen LogP contribution in [0.4, 0.5) is 0 Å². The van der Waals surface area contributed by atoms with Gasteiger partial charge < -0.3 is 18.5 Å². The lowest BCUT2D eigenvalue weighted by molar-refractivity contribution is 0.00578. The van der Waals surface area contributed by atoms with Gasteiger partial charge in [-0.2, -0.15) is 0 Å². The molecule has 1 aliphatic heterocycles. The van der Waals surface area contributed by atoms with Crippen molar-refractivity contribution >= 4 is 23.6 Å². The highest BCUT2D eigenvalue weighted by atomic mass is 16.7. The summed E-state index contributed by atoms with van der Waals surface area (Å²) in [5, 5.41) is 0.845. The Balaban J connectivity index is 1.54. The van der Waals surface area contributed by atoms with Crippen LogP contribution in [-0.2, 0) is 9.31 Å². The van der Waals surface area contributed by atoms with E-state index >= 15 is 0 Å². The molecular weight excluding hydrogens is 317 g/mol. The molecule has 1 saturated heterocycles. The van der Waals surface area contributed by atoms with Crippen LogP contribution in [0.1, 0.15) is 27.7 Å². The van der Waals surface area contributed by atoms with E-state index in [-0.39, 0.29) is 18.3 Å². The van der Waals surface area contributed by atoms with Crippen LogP contribution in [0.3, 0.4) is 0 Å². The first-order chi connectivity index (χ1) is 11.9. The van der Waals surface area contributed by atoms with Crippen LogP contribution in [0.5, 0.6) is 11.6 Å². The monoisotopic (exact) mass is 337 g/mol. The van der Waals surface area contributed by atoms with E-state index in [2.05, 4.69) is 4.98 Å². The molecule has 2 aromatic heterocycles. The van der Waals surface area contributed by atoms with Crippen molar-refractivity contribution in [2.75, 3.05) is 0 Å². The minimum Gasteiger partial charge on any atom is -0.464 e. The highest BCUT2D eigenvalue weighted by molar-refractivity contribution is 6.62. The van der Waals surface area contributed by atoms with Crippen molar-refractivity contribution in [2.24, 2.45) is 0 Å². The first-order valence-electron chi connectivity index (χ1n) is 8.31. The van der Waals surface area contributed by atoms with Crippen LogP contribution in [0.2, 0.25) is 0 Å². The van der Waals surface area contributed by atoms with Gasteiger partial charge in [0.1, 0.15) is 11.3 Å². The predicted octanol–water partition coefficient (Wildman–Crippen LogP) is 3.92. The summed E-state index contributed by atoms with van der Waals surface area (Å²) in [6.45, 7) is 8.17. The Bertz CT molecular complexity index is 885. The van der Waals surface area contributed by atoms with Crippen molar-refractivity contribution < 1.29 is 18.5 Å². The second-order valence-electron chi connectivity index (χ2n) is 7.21. The maximum atomic E-state index is 6.07. The van der Waals surface area contributed by atoms with Gasteiger partial charge in [-0.1, -0.05) is 12.1 Å². The van der Waals surface area contributed by atoms with Crippen molar-refractivity contribution in [2.45, 2.75) is 38.9 Å². The van der Waals surface area contributed by atoms with E-state index in [9.17, 15) is 0 Å². The molecule has 0 aliphatic carbocycles. The SMILES string of the molecule is CC1(C)OB(c2ccc(Oc3nccc4occc34)cc2)OC1(C)C. The van der Waals surface area contributed by atoms with Crippen molar-refractivity contribution in [3.8, 4) is 11.6 Å². The molecule has 0 N–H and O–H groups in total. The van der Waals surface area contributed by atoms with Gasteiger partial charge in [0.25, 0.3) is 0 Å². The zero-order valence-corrected chi connectivity index (χ0v) is 14.8. The van der Waals surface area contributed by atoms with Gasteiger partial charge in [0.2, 0.25) is 5.88 Å². The lowest BCUT2D eigenvalue weighted by Gasteiger charge is -2.32. The molecule has 1 aliphatic rings. The molecule has 25 heavy (non-hydrogen) atoms. The number of aromatic nitrogens is 1. The second kappa shape index (κ2) is 5.61. The van der Waals surface area contributed by atoms with E-state index in [0.29, 0.717) is 11.6 Å². The summed E-state index contributed by atoms with van der Waals surface area (Å²) in [7, 11) is -0.380. The van der Waals surface area contributed by atoms with Crippen molar-refractivity contribution in [1.82, 2.24) is 4.98 Å². The van der Waals surface area contributed by atoms with Crippen molar-refractivity contribution in [3.63, 3.8) is 0 Å². The molecule has 3 aromatic rings. The zero-order valence-electron chi connectivity index (χ0n) is 14.8. The van der Waals surface area contributed by atoms with Gasteiger partial charge in [0, 0.05) is 6.20 Å². The van der Waals surface area contributed by atoms with Gasteiger partial charge in [-0.3, -0.25) is 0 Å². The average Bonchev–Trinajstić information content (AvgIpc) is 3.11. The lowest BCUT2D eigenvalue weighted by atomic mass is 9.79. The van der Waals surface area contributed by atoms with Gasteiger partial charge in [-0.15, -0.1) is 0 Å². The number of rotatable bonds is 3. The third kappa shape index (κ3) is 2.81. The number of furan rings is 1. The van der Waals surface area contributed by atoms with Crippen LogP contribution in [0.25, 0.3) is 11.0 Å². The number of nitrogens with zero attached hydrogens (tertiary/aromatic N) is 1. The number of benzene rings is 1. The van der Waals surface area contributed by atoms with E-state index < -0.39 is 0 Å². The minimum absolute atomic E-state index is 0.353. The number of hydrogen-bond acceptors (Lipinski definition) is 5. The summed E-state index contributed by atoms with van der Waals surface area (Å²) in [4.78, 5) is 4.28. The topological polar surface area (TPSA) is 53.7 Å². The van der Waals surface area contributed by atoms with Crippen LogP contribution in [-0.4, -0.2) is 23.3 Å². The second-order valence-corrected chi connectivity index (χ2v) is 7.21. The number of ether oxygens (including phenoxy) is 1. The molecule has 1 aromatic carbocycles. The lowest BCUT2D eigenvalue weighted by Crippen LogP contribution is -2.41. The molecule has 5 nitrogen and oxygen atoms in total. The molecule has 0 amide bonds. The first kappa shape index (κ1) is 16.2. The zero-order chi connectivity index (χ0) is 17.7. The van der Waals surface area contributed by atoms with E-state index in [0.717, 1.165) is 16.4 Å². The molecule has 0 atom stereocenters. The fraction of sp³-hybridized carbons (Fsp3) is 0.316. The quantitative estimate of drug-likeness (QED) is 0.678. The van der Waals surface area contributed by atoms with E-state index in [1.807, 2.05) is 64.1 Å². The maximum Gasteiger partial charge on any atom is 0.494 e. The number of hydrogen-bond donors (Lipinski definition) is 0. The Kier molecular flexibility index (Phi) is 3.63. The Morgan fingerprint density at radius 1 is 0.920 bits per heavy atom. The molecular formula is C19H20BNO4. The highest BCUT2D eigenvalue weighted by Gasteiger charge is 2.51. The van der Waals surface area contributed by atoms with Gasteiger partial charge in [-0.05, 0) is 57.4 Å². The predicted molar refractivity (Wildman–Crippen MR) is 96.2 cm³/mol. The molecule has 4 rings (SSSR count). The van der Waals surface area contributed by atoms with E-state index in [1.54, 1.807) is 12.5 Å². The molecule has 128 valence electrons. The summed E-state index contributed by atoms with van der Waals surface area (Å²) in [6, 6.07) is 11.3. The Morgan fingerprint density at radius 3 is 2.28 bits per heavy atom. The summed E-state index contributed by atoms with van der Waals surface area (Å²) in [5.41, 5.74) is 1.00. The largest absolute Gasteiger partial charge is 0.494 e. The Morgan fingerprint density at radius 2 is 1.60 bits per heavy atom. The fourth-order valence-corrected chi connectivity index (χ4v) is 2.73. The first-order valence-corrected chi connectivity index (χ1v) is 8.31. The summed E-state index contributed by atoms with van der Waals surface area (Å²) < 4.78 is 23.4. The van der Waals surface area contributed by atoms with Crippen LogP contribution in [0.15, 0.2) is 53.3 Å². The van der Waals surface area contributed by atoms with Gasteiger partial charge >= 0.3 is 7.12 Å². The third-order valence-electron chi connectivity index (χ3n) is 4.96. The van der Waals surface area contributed by atoms with Gasteiger partial charge in [-0.25, -0.2) is 4.98 Å². The van der Waals surface area contributed by atoms with Crippen LogP contribution in [0, 0.1) is 0 Å². The number of fused-ring (bicyclic) bond motifs is 1. The highest BCUT2D eigenvalue weighted by Crippen LogP contribution is 2.36. The Hall–Kier alpha value is -2.31. The molecule has 6 heteroatoms. The normalized spacial score (nSPS) is 18.6. The van der Waals surface area contributed by atoms with E-state index in [4.69, 9.17) is 18.5 Å². The molecule has 1 fully saturated rings. The maximum absolute atomic E-state index is 6.07. The van der Waals surface area contributed by atoms with Crippen molar-refractivity contribution in [1.29, 1.82) is 0 Å². The van der Waals surface area contributed by atoms with Crippen molar-refractivity contribution in [3.05, 3.63) is 48.9 Å². The molecule has 3 heterocycles. The van der Waals surface area contributed by atoms with E-state index in [1.165, 1.54) is 0 Å². The molecule has 0 bridgehead atoms. The van der Waals surface area contributed by atoms with Crippen LogP contribution >= 0.6 is 0 Å². The minimum atomic E-state index is -0.380. The molecule has 0 radical (unpaired) electrons. The molecule has 0 spiro atoms. The average molecular weight is 337 g/mol. The summed E-state index contributed by atoms with van der Waals surface area (Å²) in [5.74, 6) is 1.22. The van der Waals surface area contributed by atoms with Gasteiger partial charge in [0.05, 0.1) is 22.9 Å². The smallest absolute Gasteiger partial charge is 0.464 e. The number of pyridine rings is 1.